The Kier molecular flexibility index (Phi) is 4.60. The van der Waals surface area contributed by atoms with Crippen molar-refractivity contribution in [1.29, 1.82) is 0 Å². The molecular weight excluding hydrogens is 184 g/mol. The highest BCUT2D eigenvalue weighted by molar-refractivity contribution is 4.91. The lowest BCUT2D eigenvalue weighted by Crippen LogP contribution is -2.46. The Balaban J connectivity index is 2.42. The zero-order valence-electron chi connectivity index (χ0n) is 11.1. The molecule has 0 radical (unpaired) electrons. The molecule has 1 fully saturated rings. The molecule has 0 saturated carbocycles. The number of hydrogen-bond acceptors (Lipinski definition) is 2. The maximum atomic E-state index is 3.50. The molecule has 2 heteroatoms. The molecule has 0 aromatic rings. The average molecular weight is 212 g/mol. The summed E-state index contributed by atoms with van der Waals surface area (Å²) in [6.45, 7) is 14.0. The second-order valence-corrected chi connectivity index (χ2v) is 5.65. The molecule has 1 aliphatic heterocycles. The number of likely N-dealkylation sites (tertiary alicyclic amines) is 1. The van der Waals surface area contributed by atoms with Crippen molar-refractivity contribution in [2.45, 2.75) is 71.5 Å². The van der Waals surface area contributed by atoms with E-state index in [2.05, 4.69) is 44.8 Å². The highest BCUT2D eigenvalue weighted by Crippen LogP contribution is 2.31. The zero-order chi connectivity index (χ0) is 11.5. The van der Waals surface area contributed by atoms with Crippen molar-refractivity contribution >= 4 is 0 Å². The van der Waals surface area contributed by atoms with Crippen LogP contribution in [0.4, 0.5) is 0 Å². The maximum absolute atomic E-state index is 3.50. The van der Waals surface area contributed by atoms with Crippen LogP contribution in [0.2, 0.25) is 0 Å². The van der Waals surface area contributed by atoms with Gasteiger partial charge in [0.2, 0.25) is 0 Å². The van der Waals surface area contributed by atoms with E-state index in [-0.39, 0.29) is 0 Å². The molecule has 2 nitrogen and oxygen atoms in total. The molecule has 2 atom stereocenters. The molecule has 1 saturated heterocycles. The molecule has 1 aliphatic rings. The first-order valence-corrected chi connectivity index (χ1v) is 6.47. The van der Waals surface area contributed by atoms with E-state index in [4.69, 9.17) is 0 Å². The first-order chi connectivity index (χ1) is 6.97. The van der Waals surface area contributed by atoms with Crippen molar-refractivity contribution < 1.29 is 0 Å². The molecule has 15 heavy (non-hydrogen) atoms. The van der Waals surface area contributed by atoms with Crippen molar-refractivity contribution in [3.8, 4) is 0 Å². The third-order valence-corrected chi connectivity index (χ3v) is 3.74. The van der Waals surface area contributed by atoms with Crippen molar-refractivity contribution in [3.05, 3.63) is 0 Å². The predicted molar refractivity (Wildman–Crippen MR) is 67.2 cm³/mol. The number of rotatable bonds is 5. The van der Waals surface area contributed by atoms with Crippen LogP contribution >= 0.6 is 0 Å². The molecule has 0 aromatic carbocycles. The summed E-state index contributed by atoms with van der Waals surface area (Å²) in [6.07, 6.45) is 3.98. The van der Waals surface area contributed by atoms with Crippen molar-refractivity contribution in [1.82, 2.24) is 10.2 Å². The van der Waals surface area contributed by atoms with Crippen LogP contribution in [0.15, 0.2) is 0 Å². The van der Waals surface area contributed by atoms with Gasteiger partial charge in [0.05, 0.1) is 0 Å². The first kappa shape index (κ1) is 13.0. The topological polar surface area (TPSA) is 15.3 Å². The fraction of sp³-hybridized carbons (Fsp3) is 1.00. The summed E-state index contributed by atoms with van der Waals surface area (Å²) in [7, 11) is 0. The summed E-state index contributed by atoms with van der Waals surface area (Å²) in [5, 5.41) is 3.50. The standard InChI is InChI=1S/C13H28N2/c1-6-14-11(2)10-12(3)15-9-7-8-13(15,4)5/h11-12,14H,6-10H2,1-5H3. The summed E-state index contributed by atoms with van der Waals surface area (Å²) in [5.74, 6) is 0. The van der Waals surface area contributed by atoms with Gasteiger partial charge in [-0.1, -0.05) is 6.92 Å². The van der Waals surface area contributed by atoms with E-state index in [9.17, 15) is 0 Å². The Labute approximate surface area is 95.4 Å². The van der Waals surface area contributed by atoms with Gasteiger partial charge in [-0.05, 0) is 60.0 Å². The van der Waals surface area contributed by atoms with Gasteiger partial charge in [0, 0.05) is 17.6 Å². The maximum Gasteiger partial charge on any atom is 0.0156 e. The molecule has 1 rings (SSSR count). The Bertz CT molecular complexity index is 189. The third kappa shape index (κ3) is 3.46. The van der Waals surface area contributed by atoms with Crippen LogP contribution in [0.1, 0.15) is 53.9 Å². The molecule has 2 unspecified atom stereocenters. The normalized spacial score (nSPS) is 25.4. The minimum atomic E-state index is 0.422. The minimum Gasteiger partial charge on any atom is -0.314 e. The molecule has 0 amide bonds. The Morgan fingerprint density at radius 3 is 2.47 bits per heavy atom. The number of hydrogen-bond donors (Lipinski definition) is 1. The van der Waals surface area contributed by atoms with Crippen LogP contribution in [0.25, 0.3) is 0 Å². The van der Waals surface area contributed by atoms with E-state index in [0.29, 0.717) is 17.6 Å². The smallest absolute Gasteiger partial charge is 0.0156 e. The fourth-order valence-corrected chi connectivity index (χ4v) is 3.02. The van der Waals surface area contributed by atoms with Gasteiger partial charge in [0.25, 0.3) is 0 Å². The van der Waals surface area contributed by atoms with Gasteiger partial charge >= 0.3 is 0 Å². The van der Waals surface area contributed by atoms with Crippen LogP contribution < -0.4 is 5.32 Å². The predicted octanol–water partition coefficient (Wildman–Crippen LogP) is 2.64. The third-order valence-electron chi connectivity index (χ3n) is 3.74. The largest absolute Gasteiger partial charge is 0.314 e. The van der Waals surface area contributed by atoms with E-state index < -0.39 is 0 Å². The Hall–Kier alpha value is -0.0800. The highest BCUT2D eigenvalue weighted by Gasteiger charge is 2.34. The Morgan fingerprint density at radius 1 is 1.33 bits per heavy atom. The van der Waals surface area contributed by atoms with Gasteiger partial charge in [-0.2, -0.15) is 0 Å². The monoisotopic (exact) mass is 212 g/mol. The first-order valence-electron chi connectivity index (χ1n) is 6.47. The Morgan fingerprint density at radius 2 is 2.00 bits per heavy atom. The minimum absolute atomic E-state index is 0.422. The molecule has 0 aliphatic carbocycles. The summed E-state index contributed by atoms with van der Waals surface area (Å²) in [6, 6.07) is 1.35. The summed E-state index contributed by atoms with van der Waals surface area (Å²) >= 11 is 0. The van der Waals surface area contributed by atoms with Crippen LogP contribution in [-0.2, 0) is 0 Å². The van der Waals surface area contributed by atoms with E-state index in [0.717, 1.165) is 6.54 Å². The molecule has 0 aromatic heterocycles. The van der Waals surface area contributed by atoms with E-state index in [1.54, 1.807) is 0 Å². The second-order valence-electron chi connectivity index (χ2n) is 5.65. The van der Waals surface area contributed by atoms with Crippen LogP contribution in [-0.4, -0.2) is 35.6 Å². The number of nitrogens with one attached hydrogen (secondary N) is 1. The SMILES string of the molecule is CCNC(C)CC(C)N1CCCC1(C)C. The van der Waals surface area contributed by atoms with Crippen molar-refractivity contribution in [2.75, 3.05) is 13.1 Å². The summed E-state index contributed by atoms with van der Waals surface area (Å²) < 4.78 is 0. The molecule has 1 N–H and O–H groups in total. The average Bonchev–Trinajstić information content (AvgIpc) is 2.45. The molecule has 0 bridgehead atoms. The van der Waals surface area contributed by atoms with Gasteiger partial charge in [0.1, 0.15) is 0 Å². The van der Waals surface area contributed by atoms with E-state index in [1.807, 2.05) is 0 Å². The number of nitrogens with zero attached hydrogens (tertiary/aromatic N) is 1. The van der Waals surface area contributed by atoms with Crippen LogP contribution in [0.5, 0.6) is 0 Å². The lowest BCUT2D eigenvalue weighted by molar-refractivity contribution is 0.113. The summed E-state index contributed by atoms with van der Waals surface area (Å²) in [4.78, 5) is 2.68. The van der Waals surface area contributed by atoms with Crippen molar-refractivity contribution in [3.63, 3.8) is 0 Å². The van der Waals surface area contributed by atoms with E-state index in [1.165, 1.54) is 25.8 Å². The van der Waals surface area contributed by atoms with Crippen LogP contribution in [0.3, 0.4) is 0 Å². The second kappa shape index (κ2) is 5.31. The van der Waals surface area contributed by atoms with Gasteiger partial charge in [-0.15, -0.1) is 0 Å². The van der Waals surface area contributed by atoms with Gasteiger partial charge < -0.3 is 5.32 Å². The summed E-state index contributed by atoms with van der Waals surface area (Å²) in [5.41, 5.74) is 0.422. The van der Waals surface area contributed by atoms with E-state index >= 15 is 0 Å². The molecule has 0 spiro atoms. The molecular formula is C13H28N2. The van der Waals surface area contributed by atoms with Gasteiger partial charge in [0.15, 0.2) is 0 Å². The van der Waals surface area contributed by atoms with Gasteiger partial charge in [-0.25, -0.2) is 0 Å². The zero-order valence-corrected chi connectivity index (χ0v) is 11.1. The molecule has 90 valence electrons. The highest BCUT2D eigenvalue weighted by atomic mass is 15.2. The fourth-order valence-electron chi connectivity index (χ4n) is 3.02. The van der Waals surface area contributed by atoms with Crippen LogP contribution in [0, 0.1) is 0 Å². The van der Waals surface area contributed by atoms with Crippen molar-refractivity contribution in [2.24, 2.45) is 0 Å². The lowest BCUT2D eigenvalue weighted by Gasteiger charge is -2.37. The van der Waals surface area contributed by atoms with Gasteiger partial charge in [-0.3, -0.25) is 4.90 Å². The molecule has 1 heterocycles. The quantitative estimate of drug-likeness (QED) is 0.753. The lowest BCUT2D eigenvalue weighted by atomic mass is 9.99.